The standard InChI is InChI=1S/C28H28ClP/c1-28(2,3)23-19-21-27(22-20-23)30(29,24-13-7-4-8-14-24,25-15-9-5-10-16-25)26-17-11-6-12-18-26/h4-22H,1-3H3. The molecule has 0 bridgehead atoms. The van der Waals surface area contributed by atoms with Crippen LogP contribution in [0, 0.1) is 0 Å². The Labute approximate surface area is 185 Å². The minimum absolute atomic E-state index is 0.0908. The predicted octanol–water partition coefficient (Wildman–Crippen LogP) is 6.29. The molecule has 0 amide bonds. The molecule has 0 nitrogen and oxygen atoms in total. The third-order valence-corrected chi connectivity index (χ3v) is 13.4. The molecule has 0 fully saturated rings. The van der Waals surface area contributed by atoms with Crippen LogP contribution in [0.1, 0.15) is 26.3 Å². The van der Waals surface area contributed by atoms with Crippen LogP contribution in [0.3, 0.4) is 0 Å². The summed E-state index contributed by atoms with van der Waals surface area (Å²) in [5, 5.41) is 4.64. The Hall–Kier alpha value is -2.40. The number of rotatable bonds is 4. The van der Waals surface area contributed by atoms with E-state index in [0.29, 0.717) is 0 Å². The van der Waals surface area contributed by atoms with Gasteiger partial charge in [-0.05, 0) is 0 Å². The Morgan fingerprint density at radius 1 is 0.467 bits per heavy atom. The van der Waals surface area contributed by atoms with Crippen LogP contribution >= 0.6 is 17.2 Å². The van der Waals surface area contributed by atoms with E-state index in [1.165, 1.54) is 10.9 Å². The van der Waals surface area contributed by atoms with E-state index < -0.39 is 5.96 Å². The summed E-state index contributed by atoms with van der Waals surface area (Å²) in [6.07, 6.45) is 0. The van der Waals surface area contributed by atoms with E-state index in [-0.39, 0.29) is 5.41 Å². The first-order chi connectivity index (χ1) is 14.4. The monoisotopic (exact) mass is 430 g/mol. The summed E-state index contributed by atoms with van der Waals surface area (Å²) in [7, 11) is 0. The van der Waals surface area contributed by atoms with E-state index in [9.17, 15) is 0 Å². The van der Waals surface area contributed by atoms with Crippen molar-refractivity contribution in [3.63, 3.8) is 0 Å². The number of halogens is 1. The van der Waals surface area contributed by atoms with Crippen LogP contribution in [0.15, 0.2) is 115 Å². The van der Waals surface area contributed by atoms with Crippen molar-refractivity contribution in [3.8, 4) is 0 Å². The van der Waals surface area contributed by atoms with Gasteiger partial charge >= 0.3 is 185 Å². The van der Waals surface area contributed by atoms with Crippen molar-refractivity contribution < 1.29 is 0 Å². The van der Waals surface area contributed by atoms with Gasteiger partial charge in [0.1, 0.15) is 0 Å². The maximum atomic E-state index is 8.20. The van der Waals surface area contributed by atoms with Crippen molar-refractivity contribution in [2.75, 3.05) is 0 Å². The summed E-state index contributed by atoms with van der Waals surface area (Å²) in [6.45, 7) is 6.73. The maximum absolute atomic E-state index is 8.20. The number of benzene rings is 4. The molecule has 0 heterocycles. The Morgan fingerprint density at radius 2 is 0.767 bits per heavy atom. The SMILES string of the molecule is CC(C)(C)c1ccc(P(Cl)(c2ccccc2)(c2ccccc2)c2ccccc2)cc1. The van der Waals surface area contributed by atoms with Gasteiger partial charge in [0.15, 0.2) is 0 Å². The number of hydrogen-bond donors (Lipinski definition) is 0. The molecular weight excluding hydrogens is 403 g/mol. The van der Waals surface area contributed by atoms with Crippen molar-refractivity contribution >= 4 is 38.4 Å². The summed E-state index contributed by atoms with van der Waals surface area (Å²) in [4.78, 5) is 0. The minimum atomic E-state index is -3.43. The molecule has 0 atom stereocenters. The zero-order chi connectivity index (χ0) is 21.3. The van der Waals surface area contributed by atoms with Crippen LogP contribution in [0.4, 0.5) is 0 Å². The van der Waals surface area contributed by atoms with Gasteiger partial charge in [-0.15, -0.1) is 0 Å². The first-order valence-corrected chi connectivity index (χ1v) is 13.5. The second-order valence-electron chi connectivity index (χ2n) is 8.81. The molecule has 0 aromatic heterocycles. The molecule has 0 aliphatic heterocycles. The third kappa shape index (κ3) is 3.20. The molecule has 0 aliphatic carbocycles. The Bertz CT molecular complexity index is 1010. The van der Waals surface area contributed by atoms with Crippen LogP contribution < -0.4 is 21.2 Å². The van der Waals surface area contributed by atoms with Crippen molar-refractivity contribution in [2.24, 2.45) is 0 Å². The Morgan fingerprint density at radius 3 is 1.07 bits per heavy atom. The summed E-state index contributed by atoms with van der Waals surface area (Å²) in [5.74, 6) is -3.43. The van der Waals surface area contributed by atoms with Gasteiger partial charge in [-0.25, -0.2) is 0 Å². The third-order valence-electron chi connectivity index (χ3n) is 5.94. The fourth-order valence-corrected chi connectivity index (χ4v) is 10.3. The van der Waals surface area contributed by atoms with Gasteiger partial charge < -0.3 is 0 Å². The first kappa shape index (κ1) is 20.9. The molecule has 4 aromatic rings. The second-order valence-corrected chi connectivity index (χ2v) is 14.9. The molecule has 0 saturated carbocycles. The Kier molecular flexibility index (Phi) is 5.35. The van der Waals surface area contributed by atoms with Crippen molar-refractivity contribution in [2.45, 2.75) is 26.2 Å². The summed E-state index contributed by atoms with van der Waals surface area (Å²) >= 11 is 8.20. The fraction of sp³-hybridized carbons (Fsp3) is 0.143. The van der Waals surface area contributed by atoms with Crippen molar-refractivity contribution in [1.82, 2.24) is 0 Å². The zero-order valence-corrected chi connectivity index (χ0v) is 19.4. The number of hydrogen-bond acceptors (Lipinski definition) is 0. The van der Waals surface area contributed by atoms with Gasteiger partial charge in [-0.3, -0.25) is 0 Å². The van der Waals surface area contributed by atoms with Gasteiger partial charge in [0.25, 0.3) is 0 Å². The Balaban J connectivity index is 2.15. The molecule has 4 aromatic carbocycles. The molecule has 2 heteroatoms. The average molecular weight is 431 g/mol. The molecule has 0 N–H and O–H groups in total. The van der Waals surface area contributed by atoms with Gasteiger partial charge in [-0.1, -0.05) is 0 Å². The predicted molar refractivity (Wildman–Crippen MR) is 136 cm³/mol. The molecule has 4 rings (SSSR count). The molecule has 152 valence electrons. The van der Waals surface area contributed by atoms with Crippen LogP contribution in [0.5, 0.6) is 0 Å². The van der Waals surface area contributed by atoms with E-state index >= 15 is 0 Å². The van der Waals surface area contributed by atoms with Gasteiger partial charge in [0, 0.05) is 0 Å². The quantitative estimate of drug-likeness (QED) is 0.333. The fourth-order valence-electron chi connectivity index (χ4n) is 4.26. The molecule has 0 spiro atoms. The summed E-state index contributed by atoms with van der Waals surface area (Å²) in [6, 6.07) is 40.8. The van der Waals surface area contributed by atoms with Crippen LogP contribution in [0.2, 0.25) is 0 Å². The van der Waals surface area contributed by atoms with Crippen LogP contribution in [-0.4, -0.2) is 0 Å². The van der Waals surface area contributed by atoms with Gasteiger partial charge in [0.05, 0.1) is 0 Å². The molecule has 0 unspecified atom stereocenters. The van der Waals surface area contributed by atoms with Gasteiger partial charge in [0.2, 0.25) is 0 Å². The van der Waals surface area contributed by atoms with E-state index in [1.54, 1.807) is 0 Å². The summed E-state index contributed by atoms with van der Waals surface area (Å²) < 4.78 is 0. The first-order valence-electron chi connectivity index (χ1n) is 10.4. The van der Waals surface area contributed by atoms with E-state index in [2.05, 4.69) is 136 Å². The topological polar surface area (TPSA) is 0 Å². The van der Waals surface area contributed by atoms with Gasteiger partial charge in [-0.2, -0.15) is 0 Å². The van der Waals surface area contributed by atoms with Crippen molar-refractivity contribution in [1.29, 1.82) is 0 Å². The van der Waals surface area contributed by atoms with Crippen LogP contribution in [0.25, 0.3) is 0 Å². The molecule has 30 heavy (non-hydrogen) atoms. The molecule has 0 aliphatic rings. The average Bonchev–Trinajstić information content (AvgIpc) is 2.80. The van der Waals surface area contributed by atoms with E-state index in [1.807, 2.05) is 0 Å². The van der Waals surface area contributed by atoms with E-state index in [4.69, 9.17) is 11.2 Å². The van der Waals surface area contributed by atoms with E-state index in [0.717, 1.165) is 15.9 Å². The molecule has 0 saturated heterocycles. The second kappa shape index (κ2) is 7.69. The molecule has 0 radical (unpaired) electrons. The summed E-state index contributed by atoms with van der Waals surface area (Å²) in [5.41, 5.74) is 1.40. The zero-order valence-electron chi connectivity index (χ0n) is 17.8. The van der Waals surface area contributed by atoms with Crippen molar-refractivity contribution in [3.05, 3.63) is 121 Å². The van der Waals surface area contributed by atoms with Crippen LogP contribution in [-0.2, 0) is 5.41 Å². The molecular formula is C28H28ClP. The normalized spacial score (nSPS) is 13.4.